The average molecular weight is 396 g/mol. The first-order valence-electron chi connectivity index (χ1n) is 5.85. The number of nitrogens with two attached hydrogens (primary N) is 1. The van der Waals surface area contributed by atoms with Gasteiger partial charge in [0.1, 0.15) is 0 Å². The van der Waals surface area contributed by atoms with Gasteiger partial charge in [-0.1, -0.05) is 48.5 Å². The van der Waals surface area contributed by atoms with Crippen molar-refractivity contribution in [1.82, 2.24) is 0 Å². The van der Waals surface area contributed by atoms with Gasteiger partial charge in [-0.15, -0.1) is 0 Å². The first-order valence-corrected chi connectivity index (χ1v) is 7.73. The molecular weight excluding hydrogens is 377 g/mol. The van der Waals surface area contributed by atoms with Crippen LogP contribution in [-0.2, 0) is 0 Å². The molecule has 0 radical (unpaired) electrons. The molecule has 0 aliphatic carbocycles. The number of benzene rings is 1. The van der Waals surface area contributed by atoms with Crippen molar-refractivity contribution in [2.24, 2.45) is 5.73 Å². The molecule has 0 heterocycles. The molecule has 0 saturated carbocycles. The quantitative estimate of drug-likeness (QED) is 0.530. The Morgan fingerprint density at radius 3 is 2.75 bits per heavy atom. The number of hydrogen-bond acceptors (Lipinski definition) is 1. The summed E-state index contributed by atoms with van der Waals surface area (Å²) in [4.78, 5) is 0. The monoisotopic (exact) mass is 395 g/mol. The minimum atomic E-state index is 0.182. The van der Waals surface area contributed by atoms with Crippen LogP contribution in [-0.4, -0.2) is 0 Å². The molecule has 0 saturated heterocycles. The molecule has 0 spiro atoms. The van der Waals surface area contributed by atoms with Crippen molar-refractivity contribution in [1.29, 1.82) is 0 Å². The molecule has 16 heavy (non-hydrogen) atoms. The topological polar surface area (TPSA) is 26.0 Å². The van der Waals surface area contributed by atoms with E-state index in [1.165, 1.54) is 34.8 Å². The van der Waals surface area contributed by atoms with Crippen LogP contribution >= 0.6 is 38.5 Å². The van der Waals surface area contributed by atoms with Crippen LogP contribution in [0.2, 0.25) is 0 Å². The summed E-state index contributed by atoms with van der Waals surface area (Å²) in [5.41, 5.74) is 7.49. The fourth-order valence-electron chi connectivity index (χ4n) is 1.75. The van der Waals surface area contributed by atoms with Gasteiger partial charge in [-0.25, -0.2) is 0 Å². The van der Waals surface area contributed by atoms with Gasteiger partial charge in [0.15, 0.2) is 0 Å². The number of halogens is 2. The fraction of sp³-hybridized carbons (Fsp3) is 0.538. The average Bonchev–Trinajstić information content (AvgIpc) is 2.27. The predicted molar refractivity (Wildman–Crippen MR) is 82.5 cm³/mol. The van der Waals surface area contributed by atoms with Gasteiger partial charge in [0.05, 0.1) is 0 Å². The van der Waals surface area contributed by atoms with E-state index in [0.717, 1.165) is 10.9 Å². The molecule has 90 valence electrons. The Morgan fingerprint density at radius 1 is 1.31 bits per heavy atom. The van der Waals surface area contributed by atoms with Crippen molar-refractivity contribution in [3.05, 3.63) is 31.8 Å². The molecule has 1 atom stereocenters. The van der Waals surface area contributed by atoms with Crippen LogP contribution in [0.5, 0.6) is 0 Å². The standard InChI is InChI=1S/C13H19BrIN/c1-2-3-4-5-6-13(16)11-9-10(14)7-8-12(11)15/h7-9,13H,2-6,16H2,1H3. The van der Waals surface area contributed by atoms with Crippen molar-refractivity contribution >= 4 is 38.5 Å². The zero-order valence-electron chi connectivity index (χ0n) is 9.68. The highest BCUT2D eigenvalue weighted by atomic mass is 127. The van der Waals surface area contributed by atoms with Crippen molar-refractivity contribution in [3.63, 3.8) is 0 Å². The van der Waals surface area contributed by atoms with E-state index in [9.17, 15) is 0 Å². The minimum Gasteiger partial charge on any atom is -0.324 e. The second-order valence-corrected chi connectivity index (χ2v) is 6.20. The highest BCUT2D eigenvalue weighted by Crippen LogP contribution is 2.26. The summed E-state index contributed by atoms with van der Waals surface area (Å²) in [5, 5.41) is 0. The largest absolute Gasteiger partial charge is 0.324 e. The second kappa shape index (κ2) is 7.67. The maximum atomic E-state index is 6.22. The SMILES string of the molecule is CCCCCCC(N)c1cc(Br)ccc1I. The zero-order valence-corrected chi connectivity index (χ0v) is 13.4. The van der Waals surface area contributed by atoms with Crippen LogP contribution in [0.25, 0.3) is 0 Å². The third kappa shape index (κ3) is 4.72. The Kier molecular flexibility index (Phi) is 6.92. The molecular formula is C13H19BrIN. The molecule has 0 amide bonds. The molecule has 0 bridgehead atoms. The highest BCUT2D eigenvalue weighted by molar-refractivity contribution is 14.1. The van der Waals surface area contributed by atoms with Crippen LogP contribution in [0.3, 0.4) is 0 Å². The van der Waals surface area contributed by atoms with Gasteiger partial charge >= 0.3 is 0 Å². The van der Waals surface area contributed by atoms with Crippen molar-refractivity contribution in [3.8, 4) is 0 Å². The smallest absolute Gasteiger partial charge is 0.0305 e. The first kappa shape index (κ1) is 14.5. The van der Waals surface area contributed by atoms with E-state index < -0.39 is 0 Å². The molecule has 0 aliphatic heterocycles. The lowest BCUT2D eigenvalue weighted by molar-refractivity contribution is 0.564. The molecule has 1 aromatic rings. The van der Waals surface area contributed by atoms with Crippen LogP contribution in [0.15, 0.2) is 22.7 Å². The summed E-state index contributed by atoms with van der Waals surface area (Å²) >= 11 is 5.86. The molecule has 1 rings (SSSR count). The molecule has 2 N–H and O–H groups in total. The van der Waals surface area contributed by atoms with E-state index in [0.29, 0.717) is 0 Å². The Bertz CT molecular complexity index is 328. The summed E-state index contributed by atoms with van der Waals surface area (Å²) in [5.74, 6) is 0. The molecule has 1 nitrogen and oxygen atoms in total. The summed E-state index contributed by atoms with van der Waals surface area (Å²) in [6.45, 7) is 2.23. The third-order valence-corrected chi connectivity index (χ3v) is 4.20. The molecule has 3 heteroatoms. The maximum absolute atomic E-state index is 6.22. The maximum Gasteiger partial charge on any atom is 0.0305 e. The van der Waals surface area contributed by atoms with Gasteiger partial charge in [0, 0.05) is 14.1 Å². The van der Waals surface area contributed by atoms with E-state index in [2.05, 4.69) is 63.6 Å². The van der Waals surface area contributed by atoms with Gasteiger partial charge in [-0.2, -0.15) is 0 Å². The van der Waals surface area contributed by atoms with E-state index >= 15 is 0 Å². The molecule has 1 aromatic carbocycles. The Morgan fingerprint density at radius 2 is 2.06 bits per heavy atom. The van der Waals surface area contributed by atoms with Gasteiger partial charge in [0.2, 0.25) is 0 Å². The van der Waals surface area contributed by atoms with Crippen molar-refractivity contribution in [2.45, 2.75) is 45.1 Å². The third-order valence-electron chi connectivity index (χ3n) is 2.73. The lowest BCUT2D eigenvalue weighted by Crippen LogP contribution is -2.11. The summed E-state index contributed by atoms with van der Waals surface area (Å²) in [7, 11) is 0. The summed E-state index contributed by atoms with van der Waals surface area (Å²) in [6.07, 6.45) is 6.23. The minimum absolute atomic E-state index is 0.182. The molecule has 0 aliphatic rings. The lowest BCUT2D eigenvalue weighted by atomic mass is 10.0. The van der Waals surface area contributed by atoms with Gasteiger partial charge in [0.25, 0.3) is 0 Å². The van der Waals surface area contributed by atoms with E-state index in [1.807, 2.05) is 0 Å². The first-order chi connectivity index (χ1) is 7.65. The fourth-order valence-corrected chi connectivity index (χ4v) is 2.86. The van der Waals surface area contributed by atoms with Gasteiger partial charge < -0.3 is 5.73 Å². The molecule has 0 fully saturated rings. The molecule has 1 unspecified atom stereocenters. The van der Waals surface area contributed by atoms with Crippen LogP contribution < -0.4 is 5.73 Å². The Hall–Kier alpha value is 0.390. The number of rotatable bonds is 6. The van der Waals surface area contributed by atoms with Crippen LogP contribution in [0.4, 0.5) is 0 Å². The predicted octanol–water partition coefficient (Wildman–Crippen LogP) is 5.02. The Labute approximate surface area is 120 Å². The van der Waals surface area contributed by atoms with E-state index in [-0.39, 0.29) is 6.04 Å². The normalized spacial score (nSPS) is 12.8. The van der Waals surface area contributed by atoms with Gasteiger partial charge in [-0.3, -0.25) is 0 Å². The van der Waals surface area contributed by atoms with Crippen molar-refractivity contribution < 1.29 is 0 Å². The van der Waals surface area contributed by atoms with Crippen LogP contribution in [0.1, 0.15) is 50.6 Å². The molecule has 0 aromatic heterocycles. The highest BCUT2D eigenvalue weighted by Gasteiger charge is 2.09. The van der Waals surface area contributed by atoms with Crippen molar-refractivity contribution in [2.75, 3.05) is 0 Å². The number of unbranched alkanes of at least 4 members (excludes halogenated alkanes) is 3. The van der Waals surface area contributed by atoms with Gasteiger partial charge in [-0.05, 0) is 52.8 Å². The van der Waals surface area contributed by atoms with Crippen LogP contribution in [0, 0.1) is 3.57 Å². The van der Waals surface area contributed by atoms with E-state index in [1.54, 1.807) is 0 Å². The number of hydrogen-bond donors (Lipinski definition) is 1. The Balaban J connectivity index is 2.51. The zero-order chi connectivity index (χ0) is 12.0. The lowest BCUT2D eigenvalue weighted by Gasteiger charge is -2.14. The summed E-state index contributed by atoms with van der Waals surface area (Å²) in [6, 6.07) is 6.51. The summed E-state index contributed by atoms with van der Waals surface area (Å²) < 4.78 is 2.38. The second-order valence-electron chi connectivity index (χ2n) is 4.12. The van der Waals surface area contributed by atoms with E-state index in [4.69, 9.17) is 5.73 Å².